The molecule has 2 aromatic carbocycles. The number of anilines is 2. The Hall–Kier alpha value is -3.73. The molecule has 2 aromatic heterocycles. The maximum absolute atomic E-state index is 12.8. The van der Waals surface area contributed by atoms with Gasteiger partial charge in [0.2, 0.25) is 0 Å². The summed E-state index contributed by atoms with van der Waals surface area (Å²) >= 11 is 0. The first-order valence-corrected chi connectivity index (χ1v) is 8.67. The van der Waals surface area contributed by atoms with E-state index in [1.54, 1.807) is 18.6 Å². The summed E-state index contributed by atoms with van der Waals surface area (Å²) in [5, 5.41) is 7.29. The molecule has 0 saturated carbocycles. The number of carbonyl (C=O) groups excluding carboxylic acids is 1. The van der Waals surface area contributed by atoms with Gasteiger partial charge in [0.25, 0.3) is 5.91 Å². The second-order valence-corrected chi connectivity index (χ2v) is 6.12. The maximum Gasteiger partial charge on any atom is 0.257 e. The van der Waals surface area contributed by atoms with Crippen LogP contribution in [0.15, 0.2) is 85.3 Å². The number of carbonyl (C=O) groups is 1. The highest BCUT2D eigenvalue weighted by atomic mass is 16.1. The van der Waals surface area contributed by atoms with Crippen molar-refractivity contribution in [2.24, 2.45) is 0 Å². The van der Waals surface area contributed by atoms with Crippen LogP contribution in [0.3, 0.4) is 0 Å². The first kappa shape index (κ1) is 16.7. The number of rotatable bonds is 5. The highest BCUT2D eigenvalue weighted by molar-refractivity contribution is 6.08. The monoisotopic (exact) mass is 354 g/mol. The lowest BCUT2D eigenvalue weighted by Crippen LogP contribution is -2.14. The Labute approximate surface area is 157 Å². The smallest absolute Gasteiger partial charge is 0.257 e. The Kier molecular flexibility index (Phi) is 4.74. The van der Waals surface area contributed by atoms with E-state index < -0.39 is 0 Å². The molecule has 0 atom stereocenters. The molecule has 5 heteroatoms. The largest absolute Gasteiger partial charge is 0.380 e. The summed E-state index contributed by atoms with van der Waals surface area (Å²) < 4.78 is 0. The Morgan fingerprint density at radius 1 is 0.889 bits per heavy atom. The molecule has 0 aliphatic heterocycles. The molecule has 0 aliphatic carbocycles. The zero-order chi connectivity index (χ0) is 18.5. The minimum Gasteiger partial charge on any atom is -0.380 e. The summed E-state index contributed by atoms with van der Waals surface area (Å²) in [6.45, 7) is 0.620. The van der Waals surface area contributed by atoms with Crippen molar-refractivity contribution in [3.63, 3.8) is 0 Å². The number of pyridine rings is 2. The number of nitrogens with one attached hydrogen (secondary N) is 2. The zero-order valence-electron chi connectivity index (χ0n) is 14.6. The van der Waals surface area contributed by atoms with Gasteiger partial charge in [-0.05, 0) is 54.1 Å². The molecule has 0 fully saturated rings. The summed E-state index contributed by atoms with van der Waals surface area (Å²) in [5.41, 5.74) is 4.12. The van der Waals surface area contributed by atoms with Crippen LogP contribution in [0.25, 0.3) is 10.9 Å². The average Bonchev–Trinajstić information content (AvgIpc) is 2.73. The van der Waals surface area contributed by atoms with Crippen molar-refractivity contribution in [2.75, 3.05) is 10.6 Å². The van der Waals surface area contributed by atoms with Crippen LogP contribution in [0.4, 0.5) is 11.4 Å². The standard InChI is InChI=1S/C22H18N4O/c27-22(26-18-7-8-20-17(14-18)4-3-11-24-20)19-5-1-2-6-21(19)25-15-16-9-12-23-13-10-16/h1-14,25H,15H2,(H,26,27). The van der Waals surface area contributed by atoms with Gasteiger partial charge in [0.15, 0.2) is 0 Å². The Bertz CT molecular complexity index is 1080. The molecule has 27 heavy (non-hydrogen) atoms. The summed E-state index contributed by atoms with van der Waals surface area (Å²) in [7, 11) is 0. The van der Waals surface area contributed by atoms with Gasteiger partial charge in [0.1, 0.15) is 0 Å². The number of benzene rings is 2. The molecule has 0 spiro atoms. The second kappa shape index (κ2) is 7.66. The summed E-state index contributed by atoms with van der Waals surface area (Å²) in [6.07, 6.45) is 5.26. The van der Waals surface area contributed by atoms with E-state index in [0.717, 1.165) is 27.8 Å². The molecule has 4 rings (SSSR count). The Morgan fingerprint density at radius 2 is 1.74 bits per heavy atom. The van der Waals surface area contributed by atoms with Crippen LogP contribution in [0.5, 0.6) is 0 Å². The topological polar surface area (TPSA) is 66.9 Å². The fourth-order valence-corrected chi connectivity index (χ4v) is 2.88. The van der Waals surface area contributed by atoms with Crippen molar-refractivity contribution in [3.8, 4) is 0 Å². The van der Waals surface area contributed by atoms with E-state index in [2.05, 4.69) is 20.6 Å². The van der Waals surface area contributed by atoms with Gasteiger partial charge in [0.05, 0.1) is 11.1 Å². The molecule has 132 valence electrons. The van der Waals surface area contributed by atoms with Crippen molar-refractivity contribution in [1.82, 2.24) is 9.97 Å². The number of hydrogen-bond acceptors (Lipinski definition) is 4. The molecule has 2 heterocycles. The van der Waals surface area contributed by atoms with E-state index in [1.807, 2.05) is 66.7 Å². The molecular weight excluding hydrogens is 336 g/mol. The van der Waals surface area contributed by atoms with Crippen LogP contribution in [-0.2, 0) is 6.54 Å². The van der Waals surface area contributed by atoms with Gasteiger partial charge in [0, 0.05) is 41.9 Å². The lowest BCUT2D eigenvalue weighted by Gasteiger charge is -2.12. The van der Waals surface area contributed by atoms with E-state index in [9.17, 15) is 4.79 Å². The van der Waals surface area contributed by atoms with Gasteiger partial charge in [-0.3, -0.25) is 14.8 Å². The molecule has 0 aliphatic rings. The fraction of sp³-hybridized carbons (Fsp3) is 0.0455. The van der Waals surface area contributed by atoms with Crippen LogP contribution >= 0.6 is 0 Å². The normalized spacial score (nSPS) is 10.5. The highest BCUT2D eigenvalue weighted by Gasteiger charge is 2.11. The highest BCUT2D eigenvalue weighted by Crippen LogP contribution is 2.21. The van der Waals surface area contributed by atoms with Gasteiger partial charge < -0.3 is 10.6 Å². The zero-order valence-corrected chi connectivity index (χ0v) is 14.6. The molecule has 5 nitrogen and oxygen atoms in total. The molecule has 1 amide bonds. The Balaban J connectivity index is 1.52. The molecule has 0 radical (unpaired) electrons. The van der Waals surface area contributed by atoms with E-state index in [-0.39, 0.29) is 5.91 Å². The summed E-state index contributed by atoms with van der Waals surface area (Å²) in [4.78, 5) is 21.1. The van der Waals surface area contributed by atoms with Gasteiger partial charge in [-0.2, -0.15) is 0 Å². The Morgan fingerprint density at radius 3 is 2.63 bits per heavy atom. The molecule has 0 bridgehead atoms. The molecule has 0 unspecified atom stereocenters. The van der Waals surface area contributed by atoms with Crippen molar-refractivity contribution >= 4 is 28.2 Å². The predicted molar refractivity (Wildman–Crippen MR) is 108 cm³/mol. The van der Waals surface area contributed by atoms with Crippen molar-refractivity contribution in [1.29, 1.82) is 0 Å². The lowest BCUT2D eigenvalue weighted by atomic mass is 10.1. The third-order valence-corrected chi connectivity index (χ3v) is 4.26. The van der Waals surface area contributed by atoms with Crippen LogP contribution in [-0.4, -0.2) is 15.9 Å². The number of fused-ring (bicyclic) bond motifs is 1. The number of aromatic nitrogens is 2. The first-order valence-electron chi connectivity index (χ1n) is 8.67. The van der Waals surface area contributed by atoms with Gasteiger partial charge in [-0.15, -0.1) is 0 Å². The second-order valence-electron chi connectivity index (χ2n) is 6.12. The van der Waals surface area contributed by atoms with E-state index in [4.69, 9.17) is 0 Å². The number of nitrogens with zero attached hydrogens (tertiary/aromatic N) is 2. The van der Waals surface area contributed by atoms with E-state index >= 15 is 0 Å². The minimum atomic E-state index is -0.156. The number of amides is 1. The molecular formula is C22H18N4O. The van der Waals surface area contributed by atoms with Crippen LogP contribution in [0.2, 0.25) is 0 Å². The number of hydrogen-bond donors (Lipinski definition) is 2. The SMILES string of the molecule is O=C(Nc1ccc2ncccc2c1)c1ccccc1NCc1ccncc1. The minimum absolute atomic E-state index is 0.156. The molecule has 4 aromatic rings. The van der Waals surface area contributed by atoms with Crippen LogP contribution in [0.1, 0.15) is 15.9 Å². The molecule has 0 saturated heterocycles. The summed E-state index contributed by atoms with van der Waals surface area (Å²) in [6, 6.07) is 20.9. The van der Waals surface area contributed by atoms with Crippen molar-refractivity contribution < 1.29 is 4.79 Å². The van der Waals surface area contributed by atoms with Gasteiger partial charge in [-0.25, -0.2) is 0 Å². The van der Waals surface area contributed by atoms with Crippen molar-refractivity contribution in [3.05, 3.63) is 96.4 Å². The van der Waals surface area contributed by atoms with E-state index in [0.29, 0.717) is 12.1 Å². The average molecular weight is 354 g/mol. The predicted octanol–water partition coefficient (Wildman–Crippen LogP) is 4.49. The van der Waals surface area contributed by atoms with Crippen LogP contribution < -0.4 is 10.6 Å². The maximum atomic E-state index is 12.8. The quantitative estimate of drug-likeness (QED) is 0.554. The third-order valence-electron chi connectivity index (χ3n) is 4.26. The van der Waals surface area contributed by atoms with E-state index in [1.165, 1.54) is 0 Å². The van der Waals surface area contributed by atoms with Crippen LogP contribution in [0, 0.1) is 0 Å². The fourth-order valence-electron chi connectivity index (χ4n) is 2.88. The number of para-hydroxylation sites is 1. The lowest BCUT2D eigenvalue weighted by molar-refractivity contribution is 0.102. The first-order chi connectivity index (χ1) is 13.3. The third kappa shape index (κ3) is 3.93. The van der Waals surface area contributed by atoms with Crippen molar-refractivity contribution in [2.45, 2.75) is 6.54 Å². The van der Waals surface area contributed by atoms with Gasteiger partial charge in [-0.1, -0.05) is 18.2 Å². The molecule has 2 N–H and O–H groups in total. The summed E-state index contributed by atoms with van der Waals surface area (Å²) in [5.74, 6) is -0.156. The van der Waals surface area contributed by atoms with Gasteiger partial charge >= 0.3 is 0 Å².